The predicted octanol–water partition coefficient (Wildman–Crippen LogP) is 4.13. The van der Waals surface area contributed by atoms with E-state index in [2.05, 4.69) is 20.9 Å². The largest absolute Gasteiger partial charge is 0.271 e. The van der Waals surface area contributed by atoms with Crippen LogP contribution < -0.4 is 0 Å². The molecule has 0 amide bonds. The van der Waals surface area contributed by atoms with E-state index in [0.29, 0.717) is 16.3 Å². The van der Waals surface area contributed by atoms with E-state index in [1.54, 1.807) is 11.4 Å². The molecule has 7 heteroatoms. The number of non-ortho nitro benzene ring substituents is 1. The first kappa shape index (κ1) is 11.5. The van der Waals surface area contributed by atoms with E-state index in [0.717, 1.165) is 3.92 Å². The number of thiazole rings is 1. The molecule has 0 spiro atoms. The molecule has 4 nitrogen and oxygen atoms in total. The minimum absolute atomic E-state index is 0.0355. The van der Waals surface area contributed by atoms with Gasteiger partial charge in [0.2, 0.25) is 0 Å². The first-order valence-corrected chi connectivity index (χ1v) is 6.18. The molecule has 0 bridgehead atoms. The van der Waals surface area contributed by atoms with Crippen LogP contribution in [0.15, 0.2) is 27.5 Å². The van der Waals surface area contributed by atoms with Gasteiger partial charge in [-0.3, -0.25) is 10.1 Å². The number of hydrogen-bond acceptors (Lipinski definition) is 4. The highest BCUT2D eigenvalue weighted by Gasteiger charge is 2.11. The Morgan fingerprint density at radius 2 is 2.19 bits per heavy atom. The molecular weight excluding hydrogens is 316 g/mol. The quantitative estimate of drug-likeness (QED) is 0.617. The highest BCUT2D eigenvalue weighted by atomic mass is 79.9. The Hall–Kier alpha value is -0.980. The molecular formula is C9H4BrClN2O2S. The number of nitrogens with zero attached hydrogens (tertiary/aromatic N) is 2. The summed E-state index contributed by atoms with van der Waals surface area (Å²) in [5.41, 5.74) is 1.27. The lowest BCUT2D eigenvalue weighted by atomic mass is 10.1. The first-order chi connectivity index (χ1) is 7.56. The fraction of sp³-hybridized carbons (Fsp3) is 0. The Morgan fingerprint density at radius 1 is 1.44 bits per heavy atom. The van der Waals surface area contributed by atoms with Gasteiger partial charge in [-0.2, -0.15) is 0 Å². The van der Waals surface area contributed by atoms with E-state index in [9.17, 15) is 10.1 Å². The summed E-state index contributed by atoms with van der Waals surface area (Å²) in [6.07, 6.45) is 0. The minimum atomic E-state index is -0.475. The standard InChI is InChI=1S/C9H4BrClN2O2S/c10-9-12-8(4-16-9)5-1-6(11)3-7(2-5)13(14)15/h1-4H. The van der Waals surface area contributed by atoms with E-state index in [1.807, 2.05) is 0 Å². The topological polar surface area (TPSA) is 56.0 Å². The molecule has 2 aromatic rings. The van der Waals surface area contributed by atoms with Gasteiger partial charge >= 0.3 is 0 Å². The normalized spacial score (nSPS) is 10.4. The number of benzene rings is 1. The van der Waals surface area contributed by atoms with E-state index in [-0.39, 0.29) is 5.69 Å². The zero-order valence-electron chi connectivity index (χ0n) is 7.68. The van der Waals surface area contributed by atoms with Crippen molar-refractivity contribution in [1.29, 1.82) is 0 Å². The number of aromatic nitrogens is 1. The van der Waals surface area contributed by atoms with Crippen LogP contribution in [0.2, 0.25) is 5.02 Å². The molecule has 0 aliphatic heterocycles. The Balaban J connectivity index is 2.53. The third-order valence-corrected chi connectivity index (χ3v) is 3.45. The van der Waals surface area contributed by atoms with Gasteiger partial charge in [-0.1, -0.05) is 11.6 Å². The van der Waals surface area contributed by atoms with Crippen LogP contribution in [0.4, 0.5) is 5.69 Å². The average molecular weight is 320 g/mol. The maximum absolute atomic E-state index is 10.7. The molecule has 0 radical (unpaired) electrons. The van der Waals surface area contributed by atoms with Gasteiger partial charge in [0.25, 0.3) is 5.69 Å². The Bertz CT molecular complexity index is 558. The lowest BCUT2D eigenvalue weighted by Gasteiger charge is -1.98. The van der Waals surface area contributed by atoms with Gasteiger partial charge in [-0.05, 0) is 22.0 Å². The molecule has 2 rings (SSSR count). The lowest BCUT2D eigenvalue weighted by Crippen LogP contribution is -1.89. The van der Waals surface area contributed by atoms with Gasteiger partial charge in [-0.25, -0.2) is 4.98 Å². The third kappa shape index (κ3) is 2.40. The van der Waals surface area contributed by atoms with Crippen molar-refractivity contribution in [3.8, 4) is 11.3 Å². The van der Waals surface area contributed by atoms with E-state index in [1.165, 1.54) is 23.5 Å². The number of nitro groups is 1. The summed E-state index contributed by atoms with van der Waals surface area (Å²) < 4.78 is 0.727. The molecule has 0 N–H and O–H groups in total. The van der Waals surface area contributed by atoms with E-state index in [4.69, 9.17) is 11.6 Å². The molecule has 0 atom stereocenters. The van der Waals surface area contributed by atoms with Crippen molar-refractivity contribution in [2.24, 2.45) is 0 Å². The second-order valence-corrected chi connectivity index (χ2v) is 5.51. The van der Waals surface area contributed by atoms with Gasteiger partial charge in [0, 0.05) is 28.1 Å². The zero-order chi connectivity index (χ0) is 11.7. The number of rotatable bonds is 2. The number of hydrogen-bond donors (Lipinski definition) is 0. The summed E-state index contributed by atoms with van der Waals surface area (Å²) >= 11 is 10.5. The summed E-state index contributed by atoms with van der Waals surface area (Å²) in [5.74, 6) is 0. The smallest absolute Gasteiger partial charge is 0.258 e. The first-order valence-electron chi connectivity index (χ1n) is 4.12. The van der Waals surface area contributed by atoms with Gasteiger partial charge in [-0.15, -0.1) is 11.3 Å². The molecule has 16 heavy (non-hydrogen) atoms. The van der Waals surface area contributed by atoms with Crippen molar-refractivity contribution in [3.05, 3.63) is 42.6 Å². The molecule has 0 unspecified atom stereocenters. The minimum Gasteiger partial charge on any atom is -0.258 e. The molecule has 0 aliphatic carbocycles. The monoisotopic (exact) mass is 318 g/mol. The maximum atomic E-state index is 10.7. The summed E-state index contributed by atoms with van der Waals surface area (Å²) in [4.78, 5) is 14.4. The summed E-state index contributed by atoms with van der Waals surface area (Å²) in [6.45, 7) is 0. The SMILES string of the molecule is O=[N+]([O-])c1cc(Cl)cc(-c2csc(Br)n2)c1. The van der Waals surface area contributed by atoms with Crippen molar-refractivity contribution >= 4 is 44.6 Å². The van der Waals surface area contributed by atoms with Gasteiger partial charge in [0.05, 0.1) is 10.6 Å². The van der Waals surface area contributed by atoms with Crippen LogP contribution in [0.25, 0.3) is 11.3 Å². The maximum Gasteiger partial charge on any atom is 0.271 e. The summed E-state index contributed by atoms with van der Waals surface area (Å²) in [5, 5.41) is 12.8. The number of nitro benzene ring substituents is 1. The second kappa shape index (κ2) is 4.48. The van der Waals surface area contributed by atoms with E-state index < -0.39 is 4.92 Å². The van der Waals surface area contributed by atoms with Crippen molar-refractivity contribution in [3.63, 3.8) is 0 Å². The van der Waals surface area contributed by atoms with Gasteiger partial charge in [0.15, 0.2) is 3.92 Å². The molecule has 0 saturated heterocycles. The van der Waals surface area contributed by atoms with Crippen LogP contribution in [0.5, 0.6) is 0 Å². The van der Waals surface area contributed by atoms with Crippen LogP contribution in [-0.2, 0) is 0 Å². The summed E-state index contributed by atoms with van der Waals surface area (Å²) in [7, 11) is 0. The molecule has 1 heterocycles. The van der Waals surface area contributed by atoms with Crippen molar-refractivity contribution in [2.75, 3.05) is 0 Å². The van der Waals surface area contributed by atoms with Gasteiger partial charge < -0.3 is 0 Å². The highest BCUT2D eigenvalue weighted by Crippen LogP contribution is 2.30. The third-order valence-electron chi connectivity index (χ3n) is 1.87. The zero-order valence-corrected chi connectivity index (χ0v) is 10.8. The van der Waals surface area contributed by atoms with Crippen molar-refractivity contribution < 1.29 is 4.92 Å². The van der Waals surface area contributed by atoms with Crippen molar-refractivity contribution in [1.82, 2.24) is 4.98 Å². The molecule has 0 fully saturated rings. The average Bonchev–Trinajstić information content (AvgIpc) is 2.64. The highest BCUT2D eigenvalue weighted by molar-refractivity contribution is 9.11. The van der Waals surface area contributed by atoms with Gasteiger partial charge in [0.1, 0.15) is 0 Å². The predicted molar refractivity (Wildman–Crippen MR) is 66.9 cm³/mol. The second-order valence-electron chi connectivity index (χ2n) is 2.94. The molecule has 0 aliphatic rings. The fourth-order valence-corrected chi connectivity index (χ4v) is 2.46. The van der Waals surface area contributed by atoms with Crippen LogP contribution in [0.3, 0.4) is 0 Å². The van der Waals surface area contributed by atoms with Crippen molar-refractivity contribution in [2.45, 2.75) is 0 Å². The van der Waals surface area contributed by atoms with Crippen LogP contribution in [-0.4, -0.2) is 9.91 Å². The Kier molecular flexibility index (Phi) is 3.22. The Morgan fingerprint density at radius 3 is 2.75 bits per heavy atom. The van der Waals surface area contributed by atoms with Crippen LogP contribution >= 0.6 is 38.9 Å². The summed E-state index contributed by atoms with van der Waals surface area (Å²) in [6, 6.07) is 4.41. The lowest BCUT2D eigenvalue weighted by molar-refractivity contribution is -0.384. The molecule has 1 aromatic carbocycles. The molecule has 1 aromatic heterocycles. The van der Waals surface area contributed by atoms with Crippen LogP contribution in [0, 0.1) is 10.1 Å². The van der Waals surface area contributed by atoms with Crippen LogP contribution in [0.1, 0.15) is 0 Å². The Labute approximate surface area is 108 Å². The molecule has 82 valence electrons. The fourth-order valence-electron chi connectivity index (χ4n) is 1.21. The molecule has 0 saturated carbocycles. The number of halogens is 2. The van der Waals surface area contributed by atoms with E-state index >= 15 is 0 Å².